The Morgan fingerprint density at radius 3 is 2.31 bits per heavy atom. The van der Waals surface area contributed by atoms with Gasteiger partial charge in [-0.05, 0) is 91.7 Å². The zero-order valence-corrected chi connectivity index (χ0v) is 19.6. The van der Waals surface area contributed by atoms with Gasteiger partial charge in [0, 0.05) is 28.9 Å². The van der Waals surface area contributed by atoms with Gasteiger partial charge in [0.05, 0.1) is 0 Å². The van der Waals surface area contributed by atoms with Crippen LogP contribution in [0.1, 0.15) is 43.5 Å². The average Bonchev–Trinajstić information content (AvgIpc) is 2.83. The third-order valence-corrected chi connectivity index (χ3v) is 6.40. The SMILES string of the molecule is C/C(=C/CN1CCC(C)CC1)c1ccc(C#Cc2ccc(-c3ccc(Cl)cc3)cn2)cc1. The zero-order valence-electron chi connectivity index (χ0n) is 18.8. The van der Waals surface area contributed by atoms with Crippen LogP contribution in [0.4, 0.5) is 0 Å². The fourth-order valence-corrected chi connectivity index (χ4v) is 3.99. The van der Waals surface area contributed by atoms with Gasteiger partial charge in [0.25, 0.3) is 0 Å². The van der Waals surface area contributed by atoms with Gasteiger partial charge in [0.2, 0.25) is 0 Å². The molecule has 0 saturated carbocycles. The maximum atomic E-state index is 5.96. The van der Waals surface area contributed by atoms with Gasteiger partial charge in [-0.2, -0.15) is 0 Å². The summed E-state index contributed by atoms with van der Waals surface area (Å²) in [5.74, 6) is 7.27. The van der Waals surface area contributed by atoms with E-state index in [1.54, 1.807) is 0 Å². The van der Waals surface area contributed by atoms with Gasteiger partial charge in [0.1, 0.15) is 5.69 Å². The minimum atomic E-state index is 0.734. The van der Waals surface area contributed by atoms with Crippen LogP contribution in [0.25, 0.3) is 16.7 Å². The number of pyridine rings is 1. The number of likely N-dealkylation sites (tertiary alicyclic amines) is 1. The summed E-state index contributed by atoms with van der Waals surface area (Å²) in [6.45, 7) is 8.02. The highest BCUT2D eigenvalue weighted by atomic mass is 35.5. The van der Waals surface area contributed by atoms with Crippen molar-refractivity contribution >= 4 is 17.2 Å². The monoisotopic (exact) mass is 440 g/mol. The van der Waals surface area contributed by atoms with E-state index in [9.17, 15) is 0 Å². The number of hydrogen-bond acceptors (Lipinski definition) is 2. The molecular formula is C29H29ClN2. The molecule has 1 aromatic heterocycles. The van der Waals surface area contributed by atoms with Crippen LogP contribution in [0.15, 0.2) is 72.9 Å². The molecule has 3 heteroatoms. The molecule has 0 bridgehead atoms. The van der Waals surface area contributed by atoms with E-state index in [4.69, 9.17) is 11.6 Å². The number of rotatable bonds is 4. The smallest absolute Gasteiger partial charge is 0.113 e. The first-order valence-corrected chi connectivity index (χ1v) is 11.7. The number of benzene rings is 2. The summed E-state index contributed by atoms with van der Waals surface area (Å²) in [7, 11) is 0. The molecule has 3 aromatic rings. The van der Waals surface area contributed by atoms with Gasteiger partial charge in [0.15, 0.2) is 0 Å². The fraction of sp³-hybridized carbons (Fsp3) is 0.276. The van der Waals surface area contributed by atoms with Gasteiger partial charge in [-0.1, -0.05) is 60.9 Å². The molecule has 0 radical (unpaired) electrons. The topological polar surface area (TPSA) is 16.1 Å². The second-order valence-corrected chi connectivity index (χ2v) is 9.07. The predicted molar refractivity (Wildman–Crippen MR) is 136 cm³/mol. The van der Waals surface area contributed by atoms with Crippen LogP contribution in [0.2, 0.25) is 5.02 Å². The van der Waals surface area contributed by atoms with Gasteiger partial charge >= 0.3 is 0 Å². The first-order valence-electron chi connectivity index (χ1n) is 11.3. The van der Waals surface area contributed by atoms with Crippen LogP contribution < -0.4 is 0 Å². The third kappa shape index (κ3) is 6.10. The summed E-state index contributed by atoms with van der Waals surface area (Å²) in [4.78, 5) is 7.04. The summed E-state index contributed by atoms with van der Waals surface area (Å²) in [5, 5.41) is 0.734. The van der Waals surface area contributed by atoms with Gasteiger partial charge in [-0.15, -0.1) is 0 Å². The molecule has 0 aliphatic carbocycles. The molecule has 1 aliphatic rings. The highest BCUT2D eigenvalue weighted by molar-refractivity contribution is 6.30. The third-order valence-electron chi connectivity index (χ3n) is 6.15. The summed E-state index contributed by atoms with van der Waals surface area (Å²) >= 11 is 5.96. The van der Waals surface area contributed by atoms with Crippen molar-refractivity contribution in [3.8, 4) is 23.0 Å². The van der Waals surface area contributed by atoms with E-state index in [0.717, 1.165) is 39.9 Å². The second-order valence-electron chi connectivity index (χ2n) is 8.64. The standard InChI is InChI=1S/C29H29ClN2/c1-22-15-18-32(19-16-22)20-17-23(2)25-6-3-24(4-7-25)5-13-29-14-10-27(21-31-29)26-8-11-28(30)12-9-26/h3-4,6-12,14,17,21-22H,15-16,18-20H2,1-2H3/b23-17-. The molecule has 1 saturated heterocycles. The van der Waals surface area contributed by atoms with E-state index in [1.807, 2.05) is 42.6 Å². The molecule has 2 heterocycles. The number of nitrogens with zero attached hydrogens (tertiary/aromatic N) is 2. The number of aromatic nitrogens is 1. The lowest BCUT2D eigenvalue weighted by Crippen LogP contribution is -2.32. The summed E-state index contributed by atoms with van der Waals surface area (Å²) in [5.41, 5.74) is 6.48. The van der Waals surface area contributed by atoms with Crippen molar-refractivity contribution in [1.82, 2.24) is 9.88 Å². The predicted octanol–water partition coefficient (Wildman–Crippen LogP) is 6.94. The average molecular weight is 441 g/mol. The normalized spacial score (nSPS) is 15.3. The molecule has 0 atom stereocenters. The van der Waals surface area contributed by atoms with E-state index < -0.39 is 0 Å². The maximum absolute atomic E-state index is 5.96. The van der Waals surface area contributed by atoms with Crippen molar-refractivity contribution in [2.75, 3.05) is 19.6 Å². The Hall–Kier alpha value is -2.86. The minimum Gasteiger partial charge on any atom is -0.300 e. The number of halogens is 1. The van der Waals surface area contributed by atoms with Crippen LogP contribution >= 0.6 is 11.6 Å². The van der Waals surface area contributed by atoms with E-state index in [-0.39, 0.29) is 0 Å². The molecule has 1 fully saturated rings. The molecule has 32 heavy (non-hydrogen) atoms. The molecule has 0 unspecified atom stereocenters. The fourth-order valence-electron chi connectivity index (χ4n) is 3.86. The Bertz CT molecular complexity index is 1110. The Balaban J connectivity index is 1.36. The first-order chi connectivity index (χ1) is 15.6. The quantitative estimate of drug-likeness (QED) is 0.408. The van der Waals surface area contributed by atoms with Crippen LogP contribution in [0.5, 0.6) is 0 Å². The number of piperidine rings is 1. The first kappa shape index (κ1) is 22.3. The van der Waals surface area contributed by atoms with E-state index in [0.29, 0.717) is 0 Å². The molecule has 2 nitrogen and oxygen atoms in total. The van der Waals surface area contributed by atoms with E-state index >= 15 is 0 Å². The molecule has 1 aliphatic heterocycles. The van der Waals surface area contributed by atoms with Crippen molar-refractivity contribution in [2.45, 2.75) is 26.7 Å². The highest BCUT2D eigenvalue weighted by Crippen LogP contribution is 2.21. The van der Waals surface area contributed by atoms with Crippen molar-refractivity contribution in [1.29, 1.82) is 0 Å². The summed E-state index contributed by atoms with van der Waals surface area (Å²) in [6, 6.07) is 20.3. The van der Waals surface area contributed by atoms with Gasteiger partial charge < -0.3 is 0 Å². The van der Waals surface area contributed by atoms with Gasteiger partial charge in [-0.3, -0.25) is 4.90 Å². The molecule has 2 aromatic carbocycles. The van der Waals surface area contributed by atoms with E-state index in [2.05, 4.69) is 65.9 Å². The molecular weight excluding hydrogens is 412 g/mol. The Kier molecular flexibility index (Phi) is 7.43. The number of hydrogen-bond donors (Lipinski definition) is 0. The summed E-state index contributed by atoms with van der Waals surface area (Å²) < 4.78 is 0. The zero-order chi connectivity index (χ0) is 22.3. The Labute approximate surface area is 197 Å². The van der Waals surface area contributed by atoms with Crippen LogP contribution in [-0.4, -0.2) is 29.5 Å². The Morgan fingerprint density at radius 1 is 0.969 bits per heavy atom. The van der Waals surface area contributed by atoms with Crippen molar-refractivity contribution in [3.05, 3.63) is 94.8 Å². The van der Waals surface area contributed by atoms with Crippen molar-refractivity contribution < 1.29 is 0 Å². The van der Waals surface area contributed by atoms with Crippen LogP contribution in [0.3, 0.4) is 0 Å². The number of allylic oxidation sites excluding steroid dienone is 1. The minimum absolute atomic E-state index is 0.734. The van der Waals surface area contributed by atoms with Gasteiger partial charge in [-0.25, -0.2) is 4.98 Å². The Morgan fingerprint density at radius 2 is 1.66 bits per heavy atom. The molecule has 0 amide bonds. The molecule has 0 N–H and O–H groups in total. The second kappa shape index (κ2) is 10.6. The van der Waals surface area contributed by atoms with Crippen LogP contribution in [-0.2, 0) is 0 Å². The van der Waals surface area contributed by atoms with Crippen molar-refractivity contribution in [2.24, 2.45) is 5.92 Å². The lowest BCUT2D eigenvalue weighted by Gasteiger charge is -2.29. The molecule has 162 valence electrons. The lowest BCUT2D eigenvalue weighted by atomic mass is 9.99. The van der Waals surface area contributed by atoms with Crippen LogP contribution in [0, 0.1) is 17.8 Å². The largest absolute Gasteiger partial charge is 0.300 e. The highest BCUT2D eigenvalue weighted by Gasteiger charge is 2.14. The van der Waals surface area contributed by atoms with Crippen molar-refractivity contribution in [3.63, 3.8) is 0 Å². The molecule has 0 spiro atoms. The summed E-state index contributed by atoms with van der Waals surface area (Å²) in [6.07, 6.45) is 6.84. The maximum Gasteiger partial charge on any atom is 0.113 e. The van der Waals surface area contributed by atoms with E-state index in [1.165, 1.54) is 37.1 Å². The molecule has 4 rings (SSSR count). The lowest BCUT2D eigenvalue weighted by molar-refractivity contribution is 0.210.